The quantitative estimate of drug-likeness (QED) is 0.599. The number of nitrogens with zero attached hydrogens (tertiary/aromatic N) is 5. The minimum atomic E-state index is -0.181. The zero-order valence-corrected chi connectivity index (χ0v) is 18.4. The van der Waals surface area contributed by atoms with E-state index in [0.29, 0.717) is 37.1 Å². The highest BCUT2D eigenvalue weighted by atomic mass is 35.5. The first-order valence-corrected chi connectivity index (χ1v) is 11.3. The Hall–Kier alpha value is -3.19. The minimum Gasteiger partial charge on any atom is -0.339 e. The van der Waals surface area contributed by atoms with Gasteiger partial charge in [-0.3, -0.25) is 9.59 Å². The lowest BCUT2D eigenvalue weighted by Gasteiger charge is -2.34. The van der Waals surface area contributed by atoms with Crippen molar-refractivity contribution in [1.82, 2.24) is 24.6 Å². The molecule has 7 nitrogen and oxygen atoms in total. The summed E-state index contributed by atoms with van der Waals surface area (Å²) in [4.78, 5) is 33.9. The Morgan fingerprint density at radius 3 is 2.25 bits per heavy atom. The lowest BCUT2D eigenvalue weighted by Crippen LogP contribution is -2.51. The van der Waals surface area contributed by atoms with E-state index in [1.807, 2.05) is 48.5 Å². The SMILES string of the molecule is O=C(Cc1ccccc1Cl)N1CCN(C(=O)c2nc(C3CC3)n(-c3ccccc3)n2)CC1. The zero-order chi connectivity index (χ0) is 22.1. The molecule has 32 heavy (non-hydrogen) atoms. The van der Waals surface area contributed by atoms with Crippen LogP contribution in [0.3, 0.4) is 0 Å². The maximum atomic E-state index is 13.1. The topological polar surface area (TPSA) is 71.3 Å². The van der Waals surface area contributed by atoms with Crippen LogP contribution in [0.15, 0.2) is 54.6 Å². The second-order valence-electron chi connectivity index (χ2n) is 8.26. The molecule has 0 N–H and O–H groups in total. The predicted octanol–water partition coefficient (Wildman–Crippen LogP) is 3.33. The molecule has 0 atom stereocenters. The van der Waals surface area contributed by atoms with Crippen molar-refractivity contribution in [3.05, 3.63) is 76.8 Å². The van der Waals surface area contributed by atoms with Crippen molar-refractivity contribution >= 4 is 23.4 Å². The Labute approximate surface area is 191 Å². The van der Waals surface area contributed by atoms with Crippen LogP contribution in [0.25, 0.3) is 5.69 Å². The third-order valence-corrected chi connectivity index (χ3v) is 6.35. The first-order chi connectivity index (χ1) is 15.6. The number of piperazine rings is 1. The average Bonchev–Trinajstić information content (AvgIpc) is 3.58. The molecule has 2 aliphatic rings. The first-order valence-electron chi connectivity index (χ1n) is 10.9. The van der Waals surface area contributed by atoms with E-state index in [1.165, 1.54) is 0 Å². The van der Waals surface area contributed by atoms with Gasteiger partial charge in [0.05, 0.1) is 12.1 Å². The lowest BCUT2D eigenvalue weighted by atomic mass is 10.1. The zero-order valence-electron chi connectivity index (χ0n) is 17.7. The maximum Gasteiger partial charge on any atom is 0.293 e. The van der Waals surface area contributed by atoms with E-state index in [4.69, 9.17) is 11.6 Å². The average molecular weight is 450 g/mol. The Balaban J connectivity index is 1.25. The Bertz CT molecular complexity index is 1130. The van der Waals surface area contributed by atoms with Gasteiger partial charge in [0.2, 0.25) is 11.7 Å². The highest BCUT2D eigenvalue weighted by Gasteiger charge is 2.33. The summed E-state index contributed by atoms with van der Waals surface area (Å²) in [6.45, 7) is 1.91. The van der Waals surface area contributed by atoms with Crippen LogP contribution in [-0.2, 0) is 11.2 Å². The molecule has 164 valence electrons. The van der Waals surface area contributed by atoms with Gasteiger partial charge in [0.1, 0.15) is 5.82 Å². The van der Waals surface area contributed by atoms with Crippen LogP contribution < -0.4 is 0 Å². The van der Waals surface area contributed by atoms with Crippen molar-refractivity contribution in [1.29, 1.82) is 0 Å². The highest BCUT2D eigenvalue weighted by molar-refractivity contribution is 6.31. The second kappa shape index (κ2) is 8.74. The molecule has 1 aromatic heterocycles. The molecule has 2 fully saturated rings. The van der Waals surface area contributed by atoms with Crippen molar-refractivity contribution in [2.45, 2.75) is 25.2 Å². The molecule has 2 amide bonds. The first kappa shape index (κ1) is 20.7. The molecule has 8 heteroatoms. The summed E-state index contributed by atoms with van der Waals surface area (Å²) in [6.07, 6.45) is 2.41. The molecule has 1 aliphatic carbocycles. The number of carbonyl (C=O) groups is 2. The van der Waals surface area contributed by atoms with Crippen molar-refractivity contribution in [2.75, 3.05) is 26.2 Å². The molecule has 0 unspecified atom stereocenters. The lowest BCUT2D eigenvalue weighted by molar-refractivity contribution is -0.131. The largest absolute Gasteiger partial charge is 0.339 e. The Morgan fingerprint density at radius 1 is 0.906 bits per heavy atom. The fourth-order valence-electron chi connectivity index (χ4n) is 4.00. The smallest absolute Gasteiger partial charge is 0.293 e. The van der Waals surface area contributed by atoms with Crippen LogP contribution in [0, 0.1) is 0 Å². The fraction of sp³-hybridized carbons (Fsp3) is 0.333. The summed E-state index contributed by atoms with van der Waals surface area (Å²) in [5.74, 6) is 1.29. The predicted molar refractivity (Wildman–Crippen MR) is 121 cm³/mol. The van der Waals surface area contributed by atoms with Gasteiger partial charge in [-0.15, -0.1) is 5.10 Å². The minimum absolute atomic E-state index is 0.0210. The number of aromatic nitrogens is 3. The summed E-state index contributed by atoms with van der Waals surface area (Å²) in [5, 5.41) is 5.15. The van der Waals surface area contributed by atoms with Crippen LogP contribution in [0.4, 0.5) is 0 Å². The number of carbonyl (C=O) groups excluding carboxylic acids is 2. The van der Waals surface area contributed by atoms with Gasteiger partial charge in [0, 0.05) is 37.1 Å². The van der Waals surface area contributed by atoms with Crippen molar-refractivity contribution in [3.8, 4) is 5.69 Å². The standard InChI is InChI=1S/C24H24ClN5O2/c25-20-9-5-4-6-18(20)16-21(31)28-12-14-29(15-13-28)24(32)22-26-23(17-10-11-17)30(27-22)19-7-2-1-3-8-19/h1-9,17H,10-16H2. The summed E-state index contributed by atoms with van der Waals surface area (Å²) < 4.78 is 1.80. The van der Waals surface area contributed by atoms with E-state index in [2.05, 4.69) is 10.1 Å². The van der Waals surface area contributed by atoms with Gasteiger partial charge in [0.25, 0.3) is 5.91 Å². The summed E-state index contributed by atoms with van der Waals surface area (Å²) in [7, 11) is 0. The van der Waals surface area contributed by atoms with Gasteiger partial charge in [-0.25, -0.2) is 9.67 Å². The summed E-state index contributed by atoms with van der Waals surface area (Å²) in [5.41, 5.74) is 1.73. The summed E-state index contributed by atoms with van der Waals surface area (Å²) in [6, 6.07) is 17.2. The third kappa shape index (κ3) is 4.25. The Kier molecular flexibility index (Phi) is 5.66. The molecule has 2 heterocycles. The van der Waals surface area contributed by atoms with Gasteiger partial charge in [-0.2, -0.15) is 0 Å². The molecule has 1 saturated carbocycles. The molecular formula is C24H24ClN5O2. The van der Waals surface area contributed by atoms with E-state index in [-0.39, 0.29) is 24.1 Å². The van der Waals surface area contributed by atoms with E-state index in [1.54, 1.807) is 20.5 Å². The van der Waals surface area contributed by atoms with Gasteiger partial charge in [-0.1, -0.05) is 48.0 Å². The van der Waals surface area contributed by atoms with Crippen LogP contribution in [0.2, 0.25) is 5.02 Å². The number of hydrogen-bond donors (Lipinski definition) is 0. The molecule has 5 rings (SSSR count). The third-order valence-electron chi connectivity index (χ3n) is 5.99. The Morgan fingerprint density at radius 2 is 1.56 bits per heavy atom. The maximum absolute atomic E-state index is 13.1. The van der Waals surface area contributed by atoms with Crippen molar-refractivity contribution < 1.29 is 9.59 Å². The van der Waals surface area contributed by atoms with Gasteiger partial charge in [0.15, 0.2) is 0 Å². The van der Waals surface area contributed by atoms with Crippen molar-refractivity contribution in [2.24, 2.45) is 0 Å². The fourth-order valence-corrected chi connectivity index (χ4v) is 4.20. The summed E-state index contributed by atoms with van der Waals surface area (Å²) >= 11 is 6.19. The molecule has 1 saturated heterocycles. The van der Waals surface area contributed by atoms with Crippen molar-refractivity contribution in [3.63, 3.8) is 0 Å². The number of halogens is 1. The number of benzene rings is 2. The van der Waals surface area contributed by atoms with Crippen LogP contribution in [0.1, 0.15) is 40.8 Å². The van der Waals surface area contributed by atoms with E-state index in [9.17, 15) is 9.59 Å². The van der Waals surface area contributed by atoms with Crippen LogP contribution >= 0.6 is 11.6 Å². The number of rotatable bonds is 5. The highest BCUT2D eigenvalue weighted by Crippen LogP contribution is 2.39. The molecule has 0 radical (unpaired) electrons. The van der Waals surface area contributed by atoms with Crippen LogP contribution in [-0.4, -0.2) is 62.6 Å². The molecule has 0 bridgehead atoms. The number of para-hydroxylation sites is 1. The molecule has 1 aliphatic heterocycles. The monoisotopic (exact) mass is 449 g/mol. The van der Waals surface area contributed by atoms with Gasteiger partial charge < -0.3 is 9.80 Å². The van der Waals surface area contributed by atoms with E-state index < -0.39 is 0 Å². The normalized spacial score (nSPS) is 16.3. The van der Waals surface area contributed by atoms with E-state index >= 15 is 0 Å². The number of hydrogen-bond acceptors (Lipinski definition) is 4. The second-order valence-corrected chi connectivity index (χ2v) is 8.66. The molecule has 2 aromatic carbocycles. The molecule has 3 aromatic rings. The van der Waals surface area contributed by atoms with Gasteiger partial charge >= 0.3 is 0 Å². The molecule has 0 spiro atoms. The van der Waals surface area contributed by atoms with Crippen LogP contribution in [0.5, 0.6) is 0 Å². The number of amides is 2. The van der Waals surface area contributed by atoms with Gasteiger partial charge in [-0.05, 0) is 36.6 Å². The van der Waals surface area contributed by atoms with E-state index in [0.717, 1.165) is 29.9 Å². The molecular weight excluding hydrogens is 426 g/mol.